The van der Waals surface area contributed by atoms with Crippen LogP contribution in [0.1, 0.15) is 40.2 Å². The van der Waals surface area contributed by atoms with Crippen molar-refractivity contribution in [3.63, 3.8) is 0 Å². The Kier molecular flexibility index (Phi) is 11.0. The first-order chi connectivity index (χ1) is 18.4. The van der Waals surface area contributed by atoms with Crippen molar-refractivity contribution in [3.05, 3.63) is 35.9 Å². The van der Waals surface area contributed by atoms with Crippen molar-refractivity contribution in [1.82, 2.24) is 0 Å². The number of hydrogen-bond donors (Lipinski definition) is 0. The van der Waals surface area contributed by atoms with E-state index in [0.29, 0.717) is 5.56 Å². The summed E-state index contributed by atoms with van der Waals surface area (Å²) in [5, 5.41) is 0. The molecule has 12 nitrogen and oxygen atoms in total. The molecular formula is C27H32O12. The molecule has 0 aliphatic carbocycles. The second-order valence-electron chi connectivity index (χ2n) is 8.41. The number of hydrogen-bond acceptors (Lipinski definition) is 12. The predicted octanol–water partition coefficient (Wildman–Crippen LogP) is 1.27. The minimum Gasteiger partial charge on any atom is -0.463 e. The maximum atomic E-state index is 13.3. The first-order valence-corrected chi connectivity index (χ1v) is 12.1. The van der Waals surface area contributed by atoms with E-state index in [1.54, 1.807) is 44.2 Å². The zero-order valence-electron chi connectivity index (χ0n) is 22.4. The fourth-order valence-corrected chi connectivity index (χ4v) is 4.02. The van der Waals surface area contributed by atoms with E-state index in [0.717, 1.165) is 20.8 Å². The molecule has 0 aromatic heterocycles. The molecule has 1 aliphatic heterocycles. The third-order valence-corrected chi connectivity index (χ3v) is 5.55. The average molecular weight is 549 g/mol. The zero-order valence-corrected chi connectivity index (χ0v) is 22.4. The SMILES string of the molecule is C#C[C@@]1(OC(C)=O)[C@@H](COC(Cc2ccccc2)(C(=O)OCC)C(=O)OCC)OC(OC(C)=O)[C@@H]1OC(C)=O. The Bertz CT molecular complexity index is 1070. The summed E-state index contributed by atoms with van der Waals surface area (Å²) in [5.41, 5.74) is -3.96. The molecule has 12 heteroatoms. The lowest BCUT2D eigenvalue weighted by Gasteiger charge is -2.34. The molecule has 1 aromatic carbocycles. The van der Waals surface area contributed by atoms with Gasteiger partial charge in [-0.05, 0) is 19.4 Å². The van der Waals surface area contributed by atoms with Crippen LogP contribution < -0.4 is 0 Å². The van der Waals surface area contributed by atoms with Crippen LogP contribution in [0.3, 0.4) is 0 Å². The van der Waals surface area contributed by atoms with E-state index in [1.165, 1.54) is 0 Å². The van der Waals surface area contributed by atoms with Crippen molar-refractivity contribution < 1.29 is 57.1 Å². The first-order valence-electron chi connectivity index (χ1n) is 12.1. The van der Waals surface area contributed by atoms with Gasteiger partial charge in [0.1, 0.15) is 6.10 Å². The summed E-state index contributed by atoms with van der Waals surface area (Å²) in [7, 11) is 0. The summed E-state index contributed by atoms with van der Waals surface area (Å²) >= 11 is 0. The van der Waals surface area contributed by atoms with Gasteiger partial charge in [-0.1, -0.05) is 36.3 Å². The van der Waals surface area contributed by atoms with E-state index in [-0.39, 0.29) is 19.6 Å². The Labute approximate surface area is 226 Å². The molecule has 1 aliphatic rings. The van der Waals surface area contributed by atoms with E-state index in [1.807, 2.05) is 0 Å². The summed E-state index contributed by atoms with van der Waals surface area (Å²) in [5.74, 6) is -2.36. The maximum Gasteiger partial charge on any atom is 0.350 e. The van der Waals surface area contributed by atoms with Crippen molar-refractivity contribution in [2.45, 2.75) is 70.7 Å². The molecule has 1 heterocycles. The van der Waals surface area contributed by atoms with Gasteiger partial charge in [-0.2, -0.15) is 0 Å². The number of carbonyl (C=O) groups is 5. The van der Waals surface area contributed by atoms with Crippen LogP contribution in [-0.4, -0.2) is 79.4 Å². The monoisotopic (exact) mass is 548 g/mol. The maximum absolute atomic E-state index is 13.3. The summed E-state index contributed by atoms with van der Waals surface area (Å²) < 4.78 is 37.9. The minimum absolute atomic E-state index is 0.0805. The van der Waals surface area contributed by atoms with Crippen LogP contribution in [0.5, 0.6) is 0 Å². The van der Waals surface area contributed by atoms with Gasteiger partial charge in [-0.25, -0.2) is 9.59 Å². The van der Waals surface area contributed by atoms with Crippen molar-refractivity contribution >= 4 is 29.8 Å². The Balaban J connectivity index is 2.59. The lowest BCUT2D eigenvalue weighted by molar-refractivity contribution is -0.206. The zero-order chi connectivity index (χ0) is 29.2. The van der Waals surface area contributed by atoms with Gasteiger partial charge in [0.15, 0.2) is 0 Å². The number of benzene rings is 1. The molecule has 0 saturated carbocycles. The van der Waals surface area contributed by atoms with Gasteiger partial charge >= 0.3 is 29.8 Å². The topological polar surface area (TPSA) is 150 Å². The molecule has 1 aromatic rings. The standard InChI is InChI=1S/C27H32O12/c1-7-26(39-19(6)30)21(38-23(37-18(5)29)22(26)36-17(4)28)16-35-27(24(31)33-8-2,25(32)34-9-3)15-20-13-11-10-12-14-20/h1,10-14,21-23H,8-9,15-16H2,2-6H3/t21-,22+,23?,26-/m1/s1. The molecule has 0 N–H and O–H groups in total. The largest absolute Gasteiger partial charge is 0.463 e. The molecule has 0 spiro atoms. The first kappa shape index (κ1) is 31.3. The van der Waals surface area contributed by atoms with Crippen LogP contribution in [0.25, 0.3) is 0 Å². The molecule has 1 fully saturated rings. The smallest absolute Gasteiger partial charge is 0.350 e. The van der Waals surface area contributed by atoms with Gasteiger partial charge in [0.2, 0.25) is 18.0 Å². The molecular weight excluding hydrogens is 516 g/mol. The second kappa shape index (κ2) is 13.7. The van der Waals surface area contributed by atoms with E-state index in [4.69, 9.17) is 39.6 Å². The lowest BCUT2D eigenvalue weighted by atomic mass is 9.91. The van der Waals surface area contributed by atoms with E-state index >= 15 is 0 Å². The summed E-state index contributed by atoms with van der Waals surface area (Å²) in [4.78, 5) is 62.3. The fourth-order valence-electron chi connectivity index (χ4n) is 4.02. The van der Waals surface area contributed by atoms with Crippen molar-refractivity contribution in [1.29, 1.82) is 0 Å². The molecule has 39 heavy (non-hydrogen) atoms. The average Bonchev–Trinajstić information content (AvgIpc) is 3.13. The van der Waals surface area contributed by atoms with Gasteiger partial charge in [0.25, 0.3) is 5.60 Å². The van der Waals surface area contributed by atoms with Crippen LogP contribution in [0.2, 0.25) is 0 Å². The highest BCUT2D eigenvalue weighted by molar-refractivity contribution is 6.04. The summed E-state index contributed by atoms with van der Waals surface area (Å²) in [6.07, 6.45) is 0.775. The highest BCUT2D eigenvalue weighted by Gasteiger charge is 2.64. The minimum atomic E-state index is -2.33. The molecule has 212 valence electrons. The molecule has 2 rings (SSSR count). The van der Waals surface area contributed by atoms with Crippen molar-refractivity contribution in [2.24, 2.45) is 0 Å². The van der Waals surface area contributed by atoms with E-state index in [9.17, 15) is 24.0 Å². The summed E-state index contributed by atoms with van der Waals surface area (Å²) in [6.45, 7) is 5.45. The Morgan fingerprint density at radius 1 is 0.923 bits per heavy atom. The van der Waals surface area contributed by atoms with Crippen LogP contribution in [0.15, 0.2) is 30.3 Å². The number of esters is 5. The van der Waals surface area contributed by atoms with Crippen LogP contribution in [0.4, 0.5) is 0 Å². The molecule has 0 bridgehead atoms. The highest BCUT2D eigenvalue weighted by atomic mass is 16.8. The third-order valence-electron chi connectivity index (χ3n) is 5.55. The molecule has 4 atom stereocenters. The van der Waals surface area contributed by atoms with Crippen LogP contribution in [0, 0.1) is 12.3 Å². The Morgan fingerprint density at radius 2 is 1.49 bits per heavy atom. The normalized spacial score (nSPS) is 22.2. The van der Waals surface area contributed by atoms with Crippen LogP contribution >= 0.6 is 0 Å². The lowest BCUT2D eigenvalue weighted by Crippen LogP contribution is -2.57. The fraction of sp³-hybridized carbons (Fsp3) is 0.519. The number of rotatable bonds is 12. The summed E-state index contributed by atoms with van der Waals surface area (Å²) in [6, 6.07) is 8.49. The molecule has 1 unspecified atom stereocenters. The predicted molar refractivity (Wildman–Crippen MR) is 131 cm³/mol. The molecule has 1 saturated heterocycles. The highest BCUT2D eigenvalue weighted by Crippen LogP contribution is 2.39. The van der Waals surface area contributed by atoms with E-state index < -0.39 is 66.2 Å². The van der Waals surface area contributed by atoms with Gasteiger partial charge < -0.3 is 33.2 Å². The quantitative estimate of drug-likeness (QED) is 0.160. The molecule has 0 radical (unpaired) electrons. The number of terminal acetylenes is 1. The van der Waals surface area contributed by atoms with Gasteiger partial charge in [0, 0.05) is 27.2 Å². The van der Waals surface area contributed by atoms with Gasteiger partial charge in [0.05, 0.1) is 19.8 Å². The number of carbonyl (C=O) groups excluding carboxylic acids is 5. The van der Waals surface area contributed by atoms with Crippen molar-refractivity contribution in [2.75, 3.05) is 19.8 Å². The van der Waals surface area contributed by atoms with Crippen molar-refractivity contribution in [3.8, 4) is 12.3 Å². The van der Waals surface area contributed by atoms with Gasteiger partial charge in [-0.15, -0.1) is 6.42 Å². The Morgan fingerprint density at radius 3 is 1.95 bits per heavy atom. The van der Waals surface area contributed by atoms with Crippen LogP contribution in [-0.2, 0) is 63.6 Å². The number of ether oxygens (including phenoxy) is 7. The molecule has 0 amide bonds. The third kappa shape index (κ3) is 7.34. The Hall–Kier alpha value is -3.95. The second-order valence-corrected chi connectivity index (χ2v) is 8.41. The van der Waals surface area contributed by atoms with E-state index in [2.05, 4.69) is 5.92 Å². The van der Waals surface area contributed by atoms with Gasteiger partial charge in [-0.3, -0.25) is 14.4 Å².